The third-order valence-electron chi connectivity index (χ3n) is 2.22. The van der Waals surface area contributed by atoms with Gasteiger partial charge in [0, 0.05) is 33.4 Å². The molecule has 0 aliphatic carbocycles. The smallest absolute Gasteiger partial charge is 0.316 e. The van der Waals surface area contributed by atoms with Crippen LogP contribution in [0.15, 0.2) is 18.3 Å². The summed E-state index contributed by atoms with van der Waals surface area (Å²) in [6.45, 7) is 0.638. The summed E-state index contributed by atoms with van der Waals surface area (Å²) in [6.07, 6.45) is 1.34. The zero-order valence-electron chi connectivity index (χ0n) is 10.8. The average molecular weight is 261 g/mol. The molecule has 1 aromatic heterocycles. The highest BCUT2D eigenvalue weighted by atomic mass is 16.2. The van der Waals surface area contributed by atoms with Crippen molar-refractivity contribution in [2.75, 3.05) is 27.2 Å². The molecule has 1 heterocycles. The molecule has 0 saturated heterocycles. The van der Waals surface area contributed by atoms with Gasteiger partial charge in [-0.1, -0.05) is 0 Å². The van der Waals surface area contributed by atoms with E-state index in [4.69, 9.17) is 5.26 Å². The Bertz CT molecular complexity index is 490. The van der Waals surface area contributed by atoms with Gasteiger partial charge in [-0.2, -0.15) is 5.26 Å². The van der Waals surface area contributed by atoms with Crippen molar-refractivity contribution in [3.05, 3.63) is 29.6 Å². The molecule has 19 heavy (non-hydrogen) atoms. The van der Waals surface area contributed by atoms with Crippen LogP contribution in [0.2, 0.25) is 0 Å². The number of hydrogen-bond donors (Lipinski definition) is 2. The molecule has 2 N–H and O–H groups in total. The van der Waals surface area contributed by atoms with Crippen LogP contribution in [-0.4, -0.2) is 49.0 Å². The summed E-state index contributed by atoms with van der Waals surface area (Å²) in [6, 6.07) is 4.71. The number of nitriles is 1. The second-order valence-corrected chi connectivity index (χ2v) is 3.93. The largest absolute Gasteiger partial charge is 0.349 e. The van der Waals surface area contributed by atoms with Gasteiger partial charge in [-0.25, -0.2) is 9.78 Å². The molecular formula is C12H15N5O2. The van der Waals surface area contributed by atoms with Crippen molar-refractivity contribution in [2.24, 2.45) is 0 Å². The summed E-state index contributed by atoms with van der Waals surface area (Å²) >= 11 is 0. The van der Waals surface area contributed by atoms with Gasteiger partial charge in [-0.3, -0.25) is 4.79 Å². The Morgan fingerprint density at radius 2 is 2.00 bits per heavy atom. The Kier molecular flexibility index (Phi) is 5.29. The van der Waals surface area contributed by atoms with E-state index in [2.05, 4.69) is 15.6 Å². The fraction of sp³-hybridized carbons (Fsp3) is 0.333. The summed E-state index contributed by atoms with van der Waals surface area (Å²) in [5, 5.41) is 13.8. The molecule has 7 heteroatoms. The van der Waals surface area contributed by atoms with Gasteiger partial charge in [-0.15, -0.1) is 0 Å². The van der Waals surface area contributed by atoms with Crippen molar-refractivity contribution in [1.82, 2.24) is 20.5 Å². The van der Waals surface area contributed by atoms with Crippen LogP contribution in [0.3, 0.4) is 0 Å². The zero-order chi connectivity index (χ0) is 14.3. The fourth-order valence-corrected chi connectivity index (χ4v) is 1.19. The number of urea groups is 1. The zero-order valence-corrected chi connectivity index (χ0v) is 10.8. The van der Waals surface area contributed by atoms with Crippen molar-refractivity contribution in [3.63, 3.8) is 0 Å². The molecule has 0 aromatic carbocycles. The number of nitrogens with one attached hydrogen (secondary N) is 2. The summed E-state index contributed by atoms with van der Waals surface area (Å²) in [5.41, 5.74) is 0.632. The second kappa shape index (κ2) is 6.96. The molecule has 0 aliphatic heterocycles. The first-order valence-electron chi connectivity index (χ1n) is 5.64. The number of aromatic nitrogens is 1. The molecule has 1 aromatic rings. The summed E-state index contributed by atoms with van der Waals surface area (Å²) in [7, 11) is 3.27. The lowest BCUT2D eigenvalue weighted by Crippen LogP contribution is -2.39. The first-order valence-corrected chi connectivity index (χ1v) is 5.64. The van der Waals surface area contributed by atoms with Crippen LogP contribution in [0.1, 0.15) is 16.1 Å². The monoisotopic (exact) mass is 261 g/mol. The SMILES string of the molecule is CN(C)C(=O)NCCNC(=O)c1ccc(C#N)cn1. The first-order chi connectivity index (χ1) is 9.04. The maximum atomic E-state index is 11.6. The van der Waals surface area contributed by atoms with Gasteiger partial charge in [-0.05, 0) is 12.1 Å². The first kappa shape index (κ1) is 14.4. The van der Waals surface area contributed by atoms with Crippen molar-refractivity contribution in [3.8, 4) is 6.07 Å². The third-order valence-corrected chi connectivity index (χ3v) is 2.22. The van der Waals surface area contributed by atoms with Gasteiger partial charge in [0.25, 0.3) is 5.91 Å². The number of amides is 3. The molecule has 0 radical (unpaired) electrons. The maximum Gasteiger partial charge on any atom is 0.316 e. The number of rotatable bonds is 4. The van der Waals surface area contributed by atoms with Gasteiger partial charge in [0.15, 0.2) is 0 Å². The predicted molar refractivity (Wildman–Crippen MR) is 68.4 cm³/mol. The van der Waals surface area contributed by atoms with E-state index in [-0.39, 0.29) is 17.6 Å². The lowest BCUT2D eigenvalue weighted by molar-refractivity contribution is 0.0948. The minimum absolute atomic E-state index is 0.217. The molecular weight excluding hydrogens is 246 g/mol. The van der Waals surface area contributed by atoms with Crippen LogP contribution in [0, 0.1) is 11.3 Å². The van der Waals surface area contributed by atoms with Crippen LogP contribution >= 0.6 is 0 Å². The quantitative estimate of drug-likeness (QED) is 0.743. The molecule has 0 atom stereocenters. The number of carbonyl (C=O) groups excluding carboxylic acids is 2. The molecule has 0 aliphatic rings. The van der Waals surface area contributed by atoms with Crippen LogP contribution in [0.4, 0.5) is 4.79 Å². The number of hydrogen-bond acceptors (Lipinski definition) is 4. The second-order valence-electron chi connectivity index (χ2n) is 3.93. The molecule has 0 saturated carbocycles. The van der Waals surface area contributed by atoms with Gasteiger partial charge in [0.1, 0.15) is 11.8 Å². The lowest BCUT2D eigenvalue weighted by Gasteiger charge is -2.12. The van der Waals surface area contributed by atoms with Gasteiger partial charge >= 0.3 is 6.03 Å². The van der Waals surface area contributed by atoms with Crippen molar-refractivity contribution in [2.45, 2.75) is 0 Å². The van der Waals surface area contributed by atoms with E-state index in [1.54, 1.807) is 14.1 Å². The molecule has 0 bridgehead atoms. The highest BCUT2D eigenvalue weighted by Crippen LogP contribution is 1.98. The van der Waals surface area contributed by atoms with Crippen LogP contribution < -0.4 is 10.6 Å². The highest BCUT2D eigenvalue weighted by Gasteiger charge is 2.07. The number of carbonyl (C=O) groups is 2. The number of pyridine rings is 1. The predicted octanol–water partition coefficient (Wildman–Crippen LogP) is -0.0457. The molecule has 0 fully saturated rings. The van der Waals surface area contributed by atoms with E-state index < -0.39 is 0 Å². The normalized spacial score (nSPS) is 9.32. The van der Waals surface area contributed by atoms with Crippen LogP contribution in [0.5, 0.6) is 0 Å². The Morgan fingerprint density at radius 1 is 1.32 bits per heavy atom. The summed E-state index contributed by atoms with van der Waals surface area (Å²) in [4.78, 5) is 28.1. The Morgan fingerprint density at radius 3 is 2.53 bits per heavy atom. The minimum atomic E-state index is -0.344. The Labute approximate surface area is 111 Å². The van der Waals surface area contributed by atoms with Gasteiger partial charge in [0.05, 0.1) is 5.56 Å². The summed E-state index contributed by atoms with van der Waals surface area (Å²) in [5.74, 6) is -0.344. The molecule has 0 unspecified atom stereocenters. The van der Waals surface area contributed by atoms with E-state index >= 15 is 0 Å². The molecule has 100 valence electrons. The highest BCUT2D eigenvalue weighted by molar-refractivity contribution is 5.92. The number of nitrogens with zero attached hydrogens (tertiary/aromatic N) is 3. The van der Waals surface area contributed by atoms with Crippen molar-refractivity contribution in [1.29, 1.82) is 5.26 Å². The fourth-order valence-electron chi connectivity index (χ4n) is 1.19. The Balaban J connectivity index is 2.35. The van der Waals surface area contributed by atoms with Crippen molar-refractivity contribution < 1.29 is 9.59 Å². The topological polar surface area (TPSA) is 98.1 Å². The van der Waals surface area contributed by atoms with E-state index in [1.807, 2.05) is 6.07 Å². The average Bonchev–Trinajstić information content (AvgIpc) is 2.43. The minimum Gasteiger partial charge on any atom is -0.349 e. The van der Waals surface area contributed by atoms with Crippen LogP contribution in [0.25, 0.3) is 0 Å². The van der Waals surface area contributed by atoms with E-state index in [0.29, 0.717) is 18.7 Å². The maximum absolute atomic E-state index is 11.6. The summed E-state index contributed by atoms with van der Waals surface area (Å²) < 4.78 is 0. The molecule has 0 spiro atoms. The Hall–Kier alpha value is -2.62. The third kappa shape index (κ3) is 4.63. The molecule has 3 amide bonds. The van der Waals surface area contributed by atoms with E-state index in [9.17, 15) is 9.59 Å². The van der Waals surface area contributed by atoms with E-state index in [0.717, 1.165) is 0 Å². The van der Waals surface area contributed by atoms with Crippen molar-refractivity contribution >= 4 is 11.9 Å². The lowest BCUT2D eigenvalue weighted by atomic mass is 10.2. The molecule has 1 rings (SSSR count). The van der Waals surface area contributed by atoms with Gasteiger partial charge in [0.2, 0.25) is 0 Å². The van der Waals surface area contributed by atoms with E-state index in [1.165, 1.54) is 23.2 Å². The molecule has 7 nitrogen and oxygen atoms in total. The van der Waals surface area contributed by atoms with Crippen LogP contribution in [-0.2, 0) is 0 Å². The van der Waals surface area contributed by atoms with Gasteiger partial charge < -0.3 is 15.5 Å². The standard InChI is InChI=1S/C12H15N5O2/c1-17(2)12(19)15-6-5-14-11(18)10-4-3-9(7-13)8-16-10/h3-4,8H,5-6H2,1-2H3,(H,14,18)(H,15,19).